The minimum Gasteiger partial charge on any atom is -0.361 e. The molecule has 1 aromatic heterocycles. The highest BCUT2D eigenvalue weighted by atomic mass is 35.5. The molecule has 0 bridgehead atoms. The standard InChI is InChI=1S/C31H35ClF2N4O2/c1-18-14-23-24(16-25(18)32)31(40-27(23)30(2,3)29-35-17-36-37(29)4)10-12-38(13-11-31)28(39)22-7-5-6-20(22)21-9-8-19(33)15-26(21)34/h8-9,14-17,20,22,27H,5-7,10-13H2,1-4H3/t20-,22+,27-/m0/s1. The predicted molar refractivity (Wildman–Crippen MR) is 148 cm³/mol. The summed E-state index contributed by atoms with van der Waals surface area (Å²) in [5, 5.41) is 4.99. The van der Waals surface area contributed by atoms with Gasteiger partial charge < -0.3 is 9.64 Å². The summed E-state index contributed by atoms with van der Waals surface area (Å²) in [6.45, 7) is 7.33. The second kappa shape index (κ2) is 9.91. The maximum atomic E-state index is 14.6. The zero-order valence-electron chi connectivity index (χ0n) is 23.4. The first-order valence-electron chi connectivity index (χ1n) is 14.1. The van der Waals surface area contributed by atoms with Crippen molar-refractivity contribution in [2.45, 2.75) is 75.9 Å². The molecule has 3 atom stereocenters. The summed E-state index contributed by atoms with van der Waals surface area (Å²) in [7, 11) is 1.89. The van der Waals surface area contributed by atoms with E-state index in [2.05, 4.69) is 30.0 Å². The normalized spacial score (nSPS) is 24.1. The van der Waals surface area contributed by atoms with Crippen molar-refractivity contribution in [3.8, 4) is 0 Å². The summed E-state index contributed by atoms with van der Waals surface area (Å²) in [5.41, 5.74) is 2.60. The van der Waals surface area contributed by atoms with Gasteiger partial charge in [0, 0.05) is 37.1 Å². The van der Waals surface area contributed by atoms with Crippen molar-refractivity contribution in [1.29, 1.82) is 0 Å². The van der Waals surface area contributed by atoms with E-state index in [0.29, 0.717) is 42.9 Å². The minimum absolute atomic E-state index is 0.0530. The van der Waals surface area contributed by atoms with Crippen molar-refractivity contribution in [3.63, 3.8) is 0 Å². The number of carbonyl (C=O) groups excluding carboxylic acids is 1. The van der Waals surface area contributed by atoms with Crippen LogP contribution in [0.2, 0.25) is 5.02 Å². The molecule has 0 unspecified atom stereocenters. The molecular formula is C31H35ClF2N4O2. The van der Waals surface area contributed by atoms with Gasteiger partial charge in [-0.25, -0.2) is 13.8 Å². The molecule has 1 saturated heterocycles. The minimum atomic E-state index is -0.601. The molecule has 6 nitrogen and oxygen atoms in total. The summed E-state index contributed by atoms with van der Waals surface area (Å²) in [5.74, 6) is -0.812. The number of rotatable bonds is 4. The Morgan fingerprint density at radius 2 is 1.88 bits per heavy atom. The van der Waals surface area contributed by atoms with Crippen molar-refractivity contribution in [2.75, 3.05) is 13.1 Å². The highest BCUT2D eigenvalue weighted by molar-refractivity contribution is 6.31. The summed E-state index contributed by atoms with van der Waals surface area (Å²) in [6.07, 6.45) is 4.87. The molecule has 212 valence electrons. The van der Waals surface area contributed by atoms with Crippen LogP contribution >= 0.6 is 11.6 Å². The van der Waals surface area contributed by atoms with Gasteiger partial charge in [0.25, 0.3) is 0 Å². The molecule has 3 aromatic rings. The molecule has 2 aromatic carbocycles. The molecule has 2 aliphatic heterocycles. The third-order valence-electron chi connectivity index (χ3n) is 9.47. The molecule has 3 heterocycles. The molecule has 1 amide bonds. The van der Waals surface area contributed by atoms with Gasteiger partial charge in [-0.05, 0) is 86.8 Å². The topological polar surface area (TPSA) is 60.3 Å². The third kappa shape index (κ3) is 4.35. The summed E-state index contributed by atoms with van der Waals surface area (Å²) >= 11 is 6.64. The molecular weight excluding hydrogens is 534 g/mol. The highest BCUT2D eigenvalue weighted by Crippen LogP contribution is 2.56. The van der Waals surface area contributed by atoms with Crippen LogP contribution < -0.4 is 0 Å². The Labute approximate surface area is 238 Å². The summed E-state index contributed by atoms with van der Waals surface area (Å²) in [4.78, 5) is 20.2. The van der Waals surface area contributed by atoms with E-state index >= 15 is 0 Å². The largest absolute Gasteiger partial charge is 0.361 e. The number of piperidine rings is 1. The van der Waals surface area contributed by atoms with Crippen molar-refractivity contribution in [3.05, 3.63) is 81.4 Å². The quantitative estimate of drug-likeness (QED) is 0.360. The van der Waals surface area contributed by atoms with Crippen LogP contribution in [-0.2, 0) is 27.6 Å². The highest BCUT2D eigenvalue weighted by Gasteiger charge is 2.53. The van der Waals surface area contributed by atoms with Crippen LogP contribution in [0.1, 0.15) is 86.1 Å². The molecule has 0 radical (unpaired) electrons. The number of hydrogen-bond donors (Lipinski definition) is 0. The number of benzene rings is 2. The lowest BCUT2D eigenvalue weighted by Gasteiger charge is -2.42. The molecule has 6 rings (SSSR count). The van der Waals surface area contributed by atoms with Crippen LogP contribution in [-0.4, -0.2) is 38.7 Å². The maximum Gasteiger partial charge on any atom is 0.226 e. The van der Waals surface area contributed by atoms with Crippen molar-refractivity contribution < 1.29 is 18.3 Å². The second-order valence-electron chi connectivity index (χ2n) is 12.2. The zero-order chi connectivity index (χ0) is 28.4. The Morgan fingerprint density at radius 1 is 1.12 bits per heavy atom. The lowest BCUT2D eigenvalue weighted by Crippen LogP contribution is -2.48. The number of fused-ring (bicyclic) bond motifs is 2. The fourth-order valence-corrected chi connectivity index (χ4v) is 7.50. The van der Waals surface area contributed by atoms with Gasteiger partial charge in [-0.2, -0.15) is 5.10 Å². The number of ether oxygens (including phenoxy) is 1. The number of likely N-dealkylation sites (tertiary alicyclic amines) is 1. The van der Waals surface area contributed by atoms with E-state index in [9.17, 15) is 13.6 Å². The monoisotopic (exact) mass is 568 g/mol. The van der Waals surface area contributed by atoms with Gasteiger partial charge in [0.15, 0.2) is 0 Å². The lowest BCUT2D eigenvalue weighted by atomic mass is 9.78. The van der Waals surface area contributed by atoms with E-state index in [1.54, 1.807) is 11.0 Å². The van der Waals surface area contributed by atoms with Crippen LogP contribution in [0.15, 0.2) is 36.7 Å². The van der Waals surface area contributed by atoms with Crippen molar-refractivity contribution in [2.24, 2.45) is 13.0 Å². The zero-order valence-corrected chi connectivity index (χ0v) is 24.1. The Hall–Kier alpha value is -2.84. The SMILES string of the molecule is Cc1cc2c(cc1Cl)C1(CCN(C(=O)[C@@H]3CCC[C@H]3c3ccc(F)cc3F)CC1)O[C@@H]2C(C)(C)c1ncnn1C. The van der Waals surface area contributed by atoms with E-state index in [0.717, 1.165) is 41.4 Å². The van der Waals surface area contributed by atoms with Gasteiger partial charge in [-0.3, -0.25) is 9.48 Å². The van der Waals surface area contributed by atoms with Crippen LogP contribution in [0.3, 0.4) is 0 Å². The van der Waals surface area contributed by atoms with Gasteiger partial charge in [0.1, 0.15) is 23.8 Å². The molecule has 1 aliphatic carbocycles. The first kappa shape index (κ1) is 27.3. The third-order valence-corrected chi connectivity index (χ3v) is 9.88. The molecule has 3 aliphatic rings. The predicted octanol–water partition coefficient (Wildman–Crippen LogP) is 6.51. The summed E-state index contributed by atoms with van der Waals surface area (Å²) in [6, 6.07) is 7.87. The molecule has 40 heavy (non-hydrogen) atoms. The number of carbonyl (C=O) groups is 1. The molecule has 0 N–H and O–H groups in total. The molecule has 1 saturated carbocycles. The van der Waals surface area contributed by atoms with Gasteiger partial charge in [-0.15, -0.1) is 0 Å². The summed E-state index contributed by atoms with van der Waals surface area (Å²) < 4.78 is 37.0. The van der Waals surface area contributed by atoms with Crippen LogP contribution in [0.4, 0.5) is 8.78 Å². The van der Waals surface area contributed by atoms with Gasteiger partial charge >= 0.3 is 0 Å². The lowest BCUT2D eigenvalue weighted by molar-refractivity contribution is -0.151. The second-order valence-corrected chi connectivity index (χ2v) is 12.7. The Bertz CT molecular complexity index is 1460. The van der Waals surface area contributed by atoms with E-state index < -0.39 is 22.7 Å². The fourth-order valence-electron chi connectivity index (χ4n) is 7.34. The van der Waals surface area contributed by atoms with E-state index in [1.807, 2.05) is 24.9 Å². The molecule has 2 fully saturated rings. The van der Waals surface area contributed by atoms with Gasteiger partial charge in [0.05, 0.1) is 17.1 Å². The van der Waals surface area contributed by atoms with Gasteiger partial charge in [0.2, 0.25) is 5.91 Å². The molecule has 9 heteroatoms. The number of aryl methyl sites for hydroxylation is 2. The van der Waals surface area contributed by atoms with E-state index in [1.165, 1.54) is 12.1 Å². The van der Waals surface area contributed by atoms with Gasteiger partial charge in [-0.1, -0.05) is 30.2 Å². The first-order chi connectivity index (χ1) is 19.0. The van der Waals surface area contributed by atoms with Crippen molar-refractivity contribution >= 4 is 17.5 Å². The van der Waals surface area contributed by atoms with Crippen LogP contribution in [0.25, 0.3) is 0 Å². The average molecular weight is 569 g/mol. The van der Waals surface area contributed by atoms with Crippen molar-refractivity contribution in [1.82, 2.24) is 19.7 Å². The van der Waals surface area contributed by atoms with Crippen LogP contribution in [0, 0.1) is 24.5 Å². The Kier molecular flexibility index (Phi) is 6.77. The molecule has 1 spiro atoms. The first-order valence-corrected chi connectivity index (χ1v) is 14.5. The fraction of sp³-hybridized carbons (Fsp3) is 0.516. The average Bonchev–Trinajstić information content (AvgIpc) is 3.64. The number of aromatic nitrogens is 3. The number of hydrogen-bond acceptors (Lipinski definition) is 4. The smallest absolute Gasteiger partial charge is 0.226 e. The maximum absolute atomic E-state index is 14.6. The Morgan fingerprint density at radius 3 is 2.55 bits per heavy atom. The number of halogens is 3. The Balaban J connectivity index is 1.25. The van der Waals surface area contributed by atoms with E-state index in [-0.39, 0.29) is 23.8 Å². The van der Waals surface area contributed by atoms with Crippen LogP contribution in [0.5, 0.6) is 0 Å². The van der Waals surface area contributed by atoms with E-state index in [4.69, 9.17) is 16.3 Å². The number of amides is 1. The number of nitrogens with zero attached hydrogens (tertiary/aromatic N) is 4.